The second-order valence-corrected chi connectivity index (χ2v) is 10.2. The van der Waals surface area contributed by atoms with Crippen LogP contribution in [0.3, 0.4) is 0 Å². The van der Waals surface area contributed by atoms with Gasteiger partial charge in [0, 0.05) is 36.4 Å². The smallest absolute Gasteiger partial charge is 0.300 e. The molecular formula is C27H27ClFN3O3S. The van der Waals surface area contributed by atoms with E-state index in [1.165, 1.54) is 49.8 Å². The number of aliphatic carboxylic acids is 1. The molecule has 9 heteroatoms. The molecule has 0 radical (unpaired) electrons. The first-order valence-corrected chi connectivity index (χ1v) is 13.0. The number of carboxylic acids is 1. The van der Waals surface area contributed by atoms with Crippen molar-refractivity contribution < 1.29 is 19.1 Å². The first-order chi connectivity index (χ1) is 17.3. The number of fused-ring (bicyclic) bond motifs is 1. The Bertz CT molecular complexity index is 1300. The van der Waals surface area contributed by atoms with Crippen LogP contribution in [-0.2, 0) is 11.3 Å². The summed E-state index contributed by atoms with van der Waals surface area (Å²) in [5.41, 5.74) is 3.15. The number of carbonyl (C=O) groups excluding carboxylic acids is 1. The monoisotopic (exact) mass is 527 g/mol. The Labute approximate surface area is 217 Å². The number of hydrogen-bond acceptors (Lipinski definition) is 4. The lowest BCUT2D eigenvalue weighted by Gasteiger charge is -2.22. The molecular weight excluding hydrogens is 501 g/mol. The van der Waals surface area contributed by atoms with E-state index in [2.05, 4.69) is 34.6 Å². The molecule has 0 aliphatic heterocycles. The number of amides is 1. The van der Waals surface area contributed by atoms with Crippen molar-refractivity contribution in [2.75, 3.05) is 0 Å². The SMILES string of the molecule is CC(=O)O.O=C(NCc1c(F)cccc1Cl)c1cn2cc(-c3ccc(C4CCCCC4)cc3)sc2n1. The lowest BCUT2D eigenvalue weighted by molar-refractivity contribution is -0.134. The van der Waals surface area contributed by atoms with Gasteiger partial charge in [-0.15, -0.1) is 0 Å². The first kappa shape index (κ1) is 25.9. The van der Waals surface area contributed by atoms with Crippen molar-refractivity contribution in [1.29, 1.82) is 0 Å². The molecule has 2 N–H and O–H groups in total. The van der Waals surface area contributed by atoms with Crippen LogP contribution in [-0.4, -0.2) is 26.4 Å². The minimum Gasteiger partial charge on any atom is -0.481 e. The molecule has 5 rings (SSSR count). The Morgan fingerprint density at radius 2 is 1.83 bits per heavy atom. The van der Waals surface area contributed by atoms with Gasteiger partial charge in [-0.1, -0.05) is 72.5 Å². The number of carboxylic acid groups (broad SMARTS) is 1. The Balaban J connectivity index is 0.000000709. The van der Waals surface area contributed by atoms with Crippen LogP contribution >= 0.6 is 22.9 Å². The van der Waals surface area contributed by atoms with Crippen molar-refractivity contribution in [3.05, 3.63) is 82.5 Å². The van der Waals surface area contributed by atoms with Crippen LogP contribution in [0, 0.1) is 5.82 Å². The largest absolute Gasteiger partial charge is 0.481 e. The summed E-state index contributed by atoms with van der Waals surface area (Å²) < 4.78 is 15.8. The van der Waals surface area contributed by atoms with E-state index in [-0.39, 0.29) is 23.0 Å². The van der Waals surface area contributed by atoms with Crippen LogP contribution in [0.4, 0.5) is 4.39 Å². The van der Waals surface area contributed by atoms with Gasteiger partial charge in [-0.05, 0) is 42.0 Å². The van der Waals surface area contributed by atoms with Gasteiger partial charge in [0.25, 0.3) is 11.9 Å². The van der Waals surface area contributed by atoms with Crippen LogP contribution in [0.1, 0.15) is 66.6 Å². The minimum absolute atomic E-state index is 0.00804. The average Bonchev–Trinajstić information content (AvgIpc) is 3.44. The van der Waals surface area contributed by atoms with Crippen molar-refractivity contribution in [2.45, 2.75) is 51.5 Å². The highest BCUT2D eigenvalue weighted by Crippen LogP contribution is 2.35. The molecule has 188 valence electrons. The summed E-state index contributed by atoms with van der Waals surface area (Å²) >= 11 is 7.57. The Kier molecular flexibility index (Phi) is 8.38. The number of nitrogens with zero attached hydrogens (tertiary/aromatic N) is 2. The lowest BCUT2D eigenvalue weighted by Crippen LogP contribution is -2.23. The fourth-order valence-corrected chi connectivity index (χ4v) is 5.56. The van der Waals surface area contributed by atoms with Crippen LogP contribution in [0.25, 0.3) is 15.4 Å². The maximum atomic E-state index is 13.9. The number of halogens is 2. The van der Waals surface area contributed by atoms with Crippen LogP contribution in [0.2, 0.25) is 5.02 Å². The molecule has 2 aromatic heterocycles. The zero-order chi connectivity index (χ0) is 25.7. The number of hydrogen-bond donors (Lipinski definition) is 2. The summed E-state index contributed by atoms with van der Waals surface area (Å²) in [5.74, 6) is -0.944. The number of rotatable bonds is 5. The van der Waals surface area contributed by atoms with Gasteiger partial charge in [0.05, 0.1) is 4.88 Å². The van der Waals surface area contributed by atoms with Gasteiger partial charge in [-0.3, -0.25) is 14.0 Å². The summed E-state index contributed by atoms with van der Waals surface area (Å²) in [4.78, 5) is 27.8. The van der Waals surface area contributed by atoms with E-state index < -0.39 is 11.8 Å². The molecule has 36 heavy (non-hydrogen) atoms. The van der Waals surface area contributed by atoms with E-state index in [0.717, 1.165) is 22.3 Å². The summed E-state index contributed by atoms with van der Waals surface area (Å²) in [5, 5.41) is 10.4. The normalized spacial score (nSPS) is 13.8. The second-order valence-electron chi connectivity index (χ2n) is 8.77. The van der Waals surface area contributed by atoms with Gasteiger partial charge in [0.1, 0.15) is 11.5 Å². The van der Waals surface area contributed by atoms with Gasteiger partial charge < -0.3 is 10.4 Å². The average molecular weight is 528 g/mol. The molecule has 0 saturated heterocycles. The number of aromatic nitrogens is 2. The standard InChI is InChI=1S/C25H23ClFN3OS.C2H4O2/c26-20-7-4-8-21(27)19(20)13-28-24(31)22-14-30-15-23(32-25(30)29-22)18-11-9-17(10-12-18)16-5-2-1-3-6-16;1-2(3)4/h4,7-12,14-16H,1-3,5-6,13H2,(H,28,31);1H3,(H,3,4). The topological polar surface area (TPSA) is 83.7 Å². The summed E-state index contributed by atoms with van der Waals surface area (Å²) in [6, 6.07) is 13.3. The van der Waals surface area contributed by atoms with Crippen molar-refractivity contribution >= 4 is 39.8 Å². The van der Waals surface area contributed by atoms with Crippen molar-refractivity contribution in [3.8, 4) is 10.4 Å². The number of thiazole rings is 1. The third-order valence-corrected chi connectivity index (χ3v) is 7.55. The molecule has 6 nitrogen and oxygen atoms in total. The molecule has 1 aliphatic carbocycles. The predicted octanol–water partition coefficient (Wildman–Crippen LogP) is 6.92. The first-order valence-electron chi connectivity index (χ1n) is 11.8. The zero-order valence-corrected chi connectivity index (χ0v) is 21.4. The number of imidazole rings is 1. The molecule has 0 atom stereocenters. The molecule has 1 aliphatic rings. The fourth-order valence-electron chi connectivity index (χ4n) is 4.35. The molecule has 0 bridgehead atoms. The Morgan fingerprint density at radius 3 is 2.47 bits per heavy atom. The molecule has 2 aromatic carbocycles. The van der Waals surface area contributed by atoms with Gasteiger partial charge in [-0.2, -0.15) is 0 Å². The molecule has 1 fully saturated rings. The van der Waals surface area contributed by atoms with E-state index in [1.807, 2.05) is 10.6 Å². The maximum absolute atomic E-state index is 13.9. The third kappa shape index (κ3) is 6.30. The fraction of sp³-hybridized carbons (Fsp3) is 0.296. The predicted molar refractivity (Wildman–Crippen MR) is 140 cm³/mol. The third-order valence-electron chi connectivity index (χ3n) is 6.15. The van der Waals surface area contributed by atoms with Crippen LogP contribution < -0.4 is 5.32 Å². The number of nitrogens with one attached hydrogen (secondary N) is 1. The molecule has 2 heterocycles. The molecule has 1 saturated carbocycles. The highest BCUT2D eigenvalue weighted by molar-refractivity contribution is 7.20. The quantitative estimate of drug-likeness (QED) is 0.295. The molecule has 1 amide bonds. The van der Waals surface area contributed by atoms with E-state index in [1.54, 1.807) is 23.6 Å². The van der Waals surface area contributed by atoms with Gasteiger partial charge in [0.2, 0.25) is 0 Å². The van der Waals surface area contributed by atoms with Crippen molar-refractivity contribution in [3.63, 3.8) is 0 Å². The van der Waals surface area contributed by atoms with Crippen LogP contribution in [0.15, 0.2) is 54.9 Å². The number of benzene rings is 2. The molecule has 0 unspecified atom stereocenters. The molecule has 0 spiro atoms. The van der Waals surface area contributed by atoms with Gasteiger partial charge in [-0.25, -0.2) is 9.37 Å². The van der Waals surface area contributed by atoms with Crippen molar-refractivity contribution in [1.82, 2.24) is 14.7 Å². The van der Waals surface area contributed by atoms with Crippen molar-refractivity contribution in [2.24, 2.45) is 0 Å². The lowest BCUT2D eigenvalue weighted by atomic mass is 9.84. The minimum atomic E-state index is -0.833. The van der Waals surface area contributed by atoms with E-state index in [9.17, 15) is 9.18 Å². The summed E-state index contributed by atoms with van der Waals surface area (Å²) in [6.45, 7) is 1.09. The Morgan fingerprint density at radius 1 is 1.14 bits per heavy atom. The molecule has 4 aromatic rings. The second kappa shape index (κ2) is 11.7. The van der Waals surface area contributed by atoms with E-state index in [4.69, 9.17) is 21.5 Å². The van der Waals surface area contributed by atoms with E-state index >= 15 is 0 Å². The summed E-state index contributed by atoms with van der Waals surface area (Å²) in [6.07, 6.45) is 10.3. The summed E-state index contributed by atoms with van der Waals surface area (Å²) in [7, 11) is 0. The number of carbonyl (C=O) groups is 2. The van der Waals surface area contributed by atoms with Gasteiger partial charge in [0.15, 0.2) is 4.96 Å². The van der Waals surface area contributed by atoms with Gasteiger partial charge >= 0.3 is 0 Å². The maximum Gasteiger partial charge on any atom is 0.300 e. The zero-order valence-electron chi connectivity index (χ0n) is 19.8. The Hall–Kier alpha value is -3.23. The highest BCUT2D eigenvalue weighted by Gasteiger charge is 2.17. The van der Waals surface area contributed by atoms with Crippen LogP contribution in [0.5, 0.6) is 0 Å². The van der Waals surface area contributed by atoms with E-state index in [0.29, 0.717) is 11.6 Å². The highest BCUT2D eigenvalue weighted by atomic mass is 35.5.